The average Bonchev–Trinajstić information content (AvgIpc) is 2.73. The van der Waals surface area contributed by atoms with Crippen LogP contribution < -0.4 is 5.32 Å². The molecule has 5 nitrogen and oxygen atoms in total. The van der Waals surface area contributed by atoms with E-state index < -0.39 is 0 Å². The zero-order chi connectivity index (χ0) is 11.0. The highest BCUT2D eigenvalue weighted by Gasteiger charge is 2.21. The molecular weight excluding hydrogens is 202 g/mol. The van der Waals surface area contributed by atoms with Gasteiger partial charge in [-0.3, -0.25) is 5.32 Å². The largest absolute Gasteiger partial charge is 0.292 e. The monoisotopic (exact) mass is 211 g/mol. The van der Waals surface area contributed by atoms with E-state index >= 15 is 0 Å². The molecule has 1 N–H and O–H groups in total. The van der Waals surface area contributed by atoms with Crippen molar-refractivity contribution in [3.05, 3.63) is 41.7 Å². The highest BCUT2D eigenvalue weighted by molar-refractivity contribution is 5.46. The molecule has 0 saturated carbocycles. The summed E-state index contributed by atoms with van der Waals surface area (Å²) in [6, 6.07) is 9.70. The number of aromatic nitrogens is 3. The van der Waals surface area contributed by atoms with Crippen LogP contribution >= 0.6 is 0 Å². The lowest BCUT2D eigenvalue weighted by atomic mass is 10.1. The molecule has 1 aromatic carbocycles. The molecule has 2 heterocycles. The van der Waals surface area contributed by atoms with Crippen LogP contribution in [-0.2, 0) is 6.54 Å². The molecule has 0 spiro atoms. The fourth-order valence-corrected chi connectivity index (χ4v) is 1.94. The molecule has 0 aliphatic carbocycles. The van der Waals surface area contributed by atoms with Gasteiger partial charge in [-0.2, -0.15) is 5.26 Å². The summed E-state index contributed by atoms with van der Waals surface area (Å²) in [5.74, 6) is 0. The van der Waals surface area contributed by atoms with E-state index in [2.05, 4.69) is 21.7 Å². The quantitative estimate of drug-likeness (QED) is 0.704. The van der Waals surface area contributed by atoms with E-state index in [0.717, 1.165) is 16.9 Å². The first kappa shape index (κ1) is 9.07. The van der Waals surface area contributed by atoms with E-state index in [1.165, 1.54) is 0 Å². The number of fused-ring (bicyclic) bond motifs is 3. The molecule has 0 saturated heterocycles. The topological polar surface area (TPSA) is 66.5 Å². The van der Waals surface area contributed by atoms with Crippen LogP contribution in [0.3, 0.4) is 0 Å². The van der Waals surface area contributed by atoms with Crippen molar-refractivity contribution in [2.75, 3.05) is 0 Å². The summed E-state index contributed by atoms with van der Waals surface area (Å²) in [5, 5.41) is 20.2. The first-order valence-electron chi connectivity index (χ1n) is 5.02. The lowest BCUT2D eigenvalue weighted by molar-refractivity contribution is 0.631. The van der Waals surface area contributed by atoms with Crippen LogP contribution in [-0.4, -0.2) is 15.0 Å². The predicted molar refractivity (Wildman–Crippen MR) is 56.6 cm³/mol. The SMILES string of the molecule is N#CC1NCc2cnnn2-c2ccccc21. The van der Waals surface area contributed by atoms with Gasteiger partial charge in [0, 0.05) is 12.1 Å². The molecule has 0 fully saturated rings. The molecule has 1 aliphatic rings. The third-order valence-corrected chi connectivity index (χ3v) is 2.71. The van der Waals surface area contributed by atoms with Crippen LogP contribution in [0.15, 0.2) is 30.5 Å². The maximum Gasteiger partial charge on any atom is 0.123 e. The molecule has 1 aromatic heterocycles. The molecular formula is C11H9N5. The Kier molecular flexibility index (Phi) is 1.95. The average molecular weight is 211 g/mol. The standard InChI is InChI=1S/C11H9N5/c12-5-10-9-3-1-2-4-11(9)16-8(6-13-10)7-14-15-16/h1-4,7,10,13H,6H2. The Bertz CT molecular complexity index is 566. The van der Waals surface area contributed by atoms with Gasteiger partial charge < -0.3 is 0 Å². The first-order valence-corrected chi connectivity index (χ1v) is 5.02. The van der Waals surface area contributed by atoms with Crippen LogP contribution in [0, 0.1) is 11.3 Å². The number of hydrogen-bond acceptors (Lipinski definition) is 4. The lowest BCUT2D eigenvalue weighted by Crippen LogP contribution is -2.17. The minimum atomic E-state index is -0.294. The molecule has 0 radical (unpaired) electrons. The van der Waals surface area contributed by atoms with E-state index in [4.69, 9.17) is 5.26 Å². The van der Waals surface area contributed by atoms with E-state index in [9.17, 15) is 0 Å². The normalized spacial score (nSPS) is 18.1. The van der Waals surface area contributed by atoms with Crippen LogP contribution in [0.2, 0.25) is 0 Å². The van der Waals surface area contributed by atoms with Gasteiger partial charge in [0.05, 0.1) is 23.6 Å². The highest BCUT2D eigenvalue weighted by atomic mass is 15.4. The minimum absolute atomic E-state index is 0.294. The molecule has 1 atom stereocenters. The number of nitriles is 1. The van der Waals surface area contributed by atoms with Crippen LogP contribution in [0.5, 0.6) is 0 Å². The number of benzene rings is 1. The van der Waals surface area contributed by atoms with E-state index in [-0.39, 0.29) is 6.04 Å². The molecule has 16 heavy (non-hydrogen) atoms. The Balaban J connectivity index is 2.27. The molecule has 5 heteroatoms. The second-order valence-electron chi connectivity index (χ2n) is 3.64. The highest BCUT2D eigenvalue weighted by Crippen LogP contribution is 2.24. The van der Waals surface area contributed by atoms with E-state index in [1.54, 1.807) is 10.9 Å². The summed E-state index contributed by atoms with van der Waals surface area (Å²) in [5.41, 5.74) is 2.83. The summed E-state index contributed by atoms with van der Waals surface area (Å²) in [6.07, 6.45) is 1.71. The zero-order valence-corrected chi connectivity index (χ0v) is 8.46. The van der Waals surface area contributed by atoms with Gasteiger partial charge in [0.2, 0.25) is 0 Å². The Morgan fingerprint density at radius 2 is 2.31 bits per heavy atom. The molecule has 3 rings (SSSR count). The van der Waals surface area contributed by atoms with Crippen molar-refractivity contribution in [1.82, 2.24) is 20.3 Å². The van der Waals surface area contributed by atoms with Gasteiger partial charge in [-0.15, -0.1) is 5.10 Å². The number of nitrogens with one attached hydrogen (secondary N) is 1. The van der Waals surface area contributed by atoms with Gasteiger partial charge in [0.1, 0.15) is 6.04 Å². The molecule has 0 amide bonds. The summed E-state index contributed by atoms with van der Waals surface area (Å²) in [7, 11) is 0. The first-order chi connectivity index (χ1) is 7.90. The van der Waals surface area contributed by atoms with Crippen molar-refractivity contribution >= 4 is 0 Å². The lowest BCUT2D eigenvalue weighted by Gasteiger charge is -2.10. The van der Waals surface area contributed by atoms with Crippen molar-refractivity contribution in [1.29, 1.82) is 5.26 Å². The molecule has 1 aliphatic heterocycles. The Morgan fingerprint density at radius 1 is 1.44 bits per heavy atom. The Hall–Kier alpha value is -2.19. The number of hydrogen-bond donors (Lipinski definition) is 1. The third kappa shape index (κ3) is 1.21. The predicted octanol–water partition coefficient (Wildman–Crippen LogP) is 0.935. The number of rotatable bonds is 0. The fourth-order valence-electron chi connectivity index (χ4n) is 1.94. The van der Waals surface area contributed by atoms with Gasteiger partial charge in [-0.25, -0.2) is 4.68 Å². The second kappa shape index (κ2) is 3.43. The van der Waals surface area contributed by atoms with Gasteiger partial charge in [-0.05, 0) is 6.07 Å². The molecule has 1 unspecified atom stereocenters. The minimum Gasteiger partial charge on any atom is -0.292 e. The molecule has 78 valence electrons. The summed E-state index contributed by atoms with van der Waals surface area (Å²) >= 11 is 0. The van der Waals surface area contributed by atoms with E-state index in [0.29, 0.717) is 6.54 Å². The Morgan fingerprint density at radius 3 is 3.19 bits per heavy atom. The summed E-state index contributed by atoms with van der Waals surface area (Å²) < 4.78 is 1.78. The fraction of sp³-hybridized carbons (Fsp3) is 0.182. The van der Waals surface area contributed by atoms with Gasteiger partial charge in [0.25, 0.3) is 0 Å². The second-order valence-corrected chi connectivity index (χ2v) is 3.64. The van der Waals surface area contributed by atoms with Gasteiger partial charge in [-0.1, -0.05) is 23.4 Å². The van der Waals surface area contributed by atoms with Crippen molar-refractivity contribution in [3.63, 3.8) is 0 Å². The molecule has 2 aromatic rings. The number of para-hydroxylation sites is 1. The maximum absolute atomic E-state index is 9.12. The van der Waals surface area contributed by atoms with E-state index in [1.807, 2.05) is 24.3 Å². The van der Waals surface area contributed by atoms with Gasteiger partial charge in [0.15, 0.2) is 0 Å². The van der Waals surface area contributed by atoms with Crippen molar-refractivity contribution in [3.8, 4) is 11.8 Å². The summed E-state index contributed by atoms with van der Waals surface area (Å²) in [6.45, 7) is 0.597. The zero-order valence-electron chi connectivity index (χ0n) is 8.46. The van der Waals surface area contributed by atoms with Gasteiger partial charge >= 0.3 is 0 Å². The smallest absolute Gasteiger partial charge is 0.123 e. The van der Waals surface area contributed by atoms with Crippen LogP contribution in [0.4, 0.5) is 0 Å². The van der Waals surface area contributed by atoms with Crippen LogP contribution in [0.25, 0.3) is 5.69 Å². The van der Waals surface area contributed by atoms with Crippen molar-refractivity contribution in [2.45, 2.75) is 12.6 Å². The third-order valence-electron chi connectivity index (χ3n) is 2.71. The van der Waals surface area contributed by atoms with Crippen molar-refractivity contribution < 1.29 is 0 Å². The number of nitrogens with zero attached hydrogens (tertiary/aromatic N) is 4. The summed E-state index contributed by atoms with van der Waals surface area (Å²) in [4.78, 5) is 0. The van der Waals surface area contributed by atoms with Crippen molar-refractivity contribution in [2.24, 2.45) is 0 Å². The Labute approximate surface area is 92.3 Å². The maximum atomic E-state index is 9.12. The molecule has 0 bridgehead atoms. The van der Waals surface area contributed by atoms with Crippen LogP contribution in [0.1, 0.15) is 17.3 Å².